The van der Waals surface area contributed by atoms with E-state index in [1.165, 1.54) is 212 Å². The molecule has 9 heteroatoms. The summed E-state index contributed by atoms with van der Waals surface area (Å²) in [7, 11) is 1.24. The van der Waals surface area contributed by atoms with Crippen molar-refractivity contribution in [2.24, 2.45) is 0 Å². The third-order valence-corrected chi connectivity index (χ3v) is 14.0. The standard InChI is InChI=1S/C58H113N2O6P/c1-6-8-10-12-14-16-18-20-22-24-25-26-27-28-29-30-31-32-33-34-36-37-39-41-43-45-47-49-51-57(61)56(55-66-67(63,64)65-54-53-60(3,4)5)59-58(62)52-50-48-46-44-42-40-38-35-23-21-19-17-15-13-11-9-7-2/h34,36,41,43,49,51,56-57,61H,6-33,35,37-40,42,44-48,50,52-55H2,1-5H3,(H-,59,62,63,64)/b36-34+,43-41+,51-49+. The van der Waals surface area contributed by atoms with E-state index in [1.54, 1.807) is 6.08 Å². The lowest BCUT2D eigenvalue weighted by atomic mass is 10.0. The van der Waals surface area contributed by atoms with Crippen LogP contribution in [0.25, 0.3) is 0 Å². The summed E-state index contributed by atoms with van der Waals surface area (Å²) in [6.45, 7) is 4.66. The molecule has 0 spiro atoms. The monoisotopic (exact) mass is 965 g/mol. The molecule has 2 N–H and O–H groups in total. The van der Waals surface area contributed by atoms with Gasteiger partial charge in [-0.1, -0.05) is 262 Å². The van der Waals surface area contributed by atoms with E-state index in [4.69, 9.17) is 9.05 Å². The minimum absolute atomic E-state index is 0.00744. The van der Waals surface area contributed by atoms with E-state index < -0.39 is 26.6 Å². The van der Waals surface area contributed by atoms with E-state index in [0.29, 0.717) is 17.4 Å². The number of phosphoric acid groups is 1. The highest BCUT2D eigenvalue weighted by atomic mass is 31.2. The van der Waals surface area contributed by atoms with E-state index in [9.17, 15) is 19.4 Å². The van der Waals surface area contributed by atoms with Crippen molar-refractivity contribution in [3.8, 4) is 0 Å². The van der Waals surface area contributed by atoms with Crippen LogP contribution in [-0.4, -0.2) is 68.5 Å². The highest BCUT2D eigenvalue weighted by Crippen LogP contribution is 2.38. The number of phosphoric ester groups is 1. The van der Waals surface area contributed by atoms with Gasteiger partial charge in [-0.05, 0) is 44.9 Å². The van der Waals surface area contributed by atoms with Crippen LogP contribution in [0.4, 0.5) is 0 Å². The fourth-order valence-corrected chi connectivity index (χ4v) is 9.26. The molecule has 0 fully saturated rings. The number of hydrogen-bond donors (Lipinski definition) is 2. The van der Waals surface area contributed by atoms with Gasteiger partial charge >= 0.3 is 0 Å². The number of nitrogens with zero attached hydrogens (tertiary/aromatic N) is 1. The maximum Gasteiger partial charge on any atom is 0.268 e. The van der Waals surface area contributed by atoms with Crippen molar-refractivity contribution >= 4 is 13.7 Å². The van der Waals surface area contributed by atoms with Gasteiger partial charge in [0.05, 0.1) is 39.9 Å². The van der Waals surface area contributed by atoms with Crippen molar-refractivity contribution in [1.82, 2.24) is 5.32 Å². The van der Waals surface area contributed by atoms with Crippen LogP contribution in [0.2, 0.25) is 0 Å². The zero-order valence-electron chi connectivity index (χ0n) is 45.1. The molecule has 0 aromatic heterocycles. The Labute approximate surface area is 417 Å². The molecular weight excluding hydrogens is 852 g/mol. The van der Waals surface area contributed by atoms with Crippen LogP contribution in [-0.2, 0) is 18.4 Å². The van der Waals surface area contributed by atoms with Crippen molar-refractivity contribution < 1.29 is 32.9 Å². The van der Waals surface area contributed by atoms with E-state index in [0.717, 1.165) is 44.9 Å². The molecule has 0 saturated carbocycles. The minimum Gasteiger partial charge on any atom is -0.756 e. The first-order valence-electron chi connectivity index (χ1n) is 28.9. The second-order valence-corrected chi connectivity index (χ2v) is 22.4. The maximum atomic E-state index is 12.9. The number of unbranched alkanes of at least 4 members (excludes halogenated alkanes) is 36. The number of rotatable bonds is 53. The molecule has 3 atom stereocenters. The summed E-state index contributed by atoms with van der Waals surface area (Å²) in [4.78, 5) is 25.5. The Hall–Kier alpha value is -1.28. The molecule has 8 nitrogen and oxygen atoms in total. The first kappa shape index (κ1) is 65.7. The van der Waals surface area contributed by atoms with E-state index in [1.807, 2.05) is 27.2 Å². The average molecular weight is 966 g/mol. The molecule has 0 radical (unpaired) electrons. The predicted octanol–water partition coefficient (Wildman–Crippen LogP) is 16.7. The number of carbonyl (C=O) groups is 1. The van der Waals surface area contributed by atoms with Crippen molar-refractivity contribution in [3.05, 3.63) is 36.5 Å². The molecule has 0 heterocycles. The minimum atomic E-state index is -4.61. The number of allylic oxidation sites excluding steroid dienone is 5. The van der Waals surface area contributed by atoms with Gasteiger partial charge in [-0.3, -0.25) is 9.36 Å². The van der Waals surface area contributed by atoms with Crippen LogP contribution in [0.5, 0.6) is 0 Å². The number of nitrogens with one attached hydrogen (secondary N) is 1. The quantitative estimate of drug-likeness (QED) is 0.0272. The lowest BCUT2D eigenvalue weighted by Crippen LogP contribution is -2.45. The number of hydrogen-bond acceptors (Lipinski definition) is 6. The molecule has 0 aromatic rings. The van der Waals surface area contributed by atoms with Crippen LogP contribution < -0.4 is 10.2 Å². The molecule has 0 aromatic carbocycles. The van der Waals surface area contributed by atoms with Crippen molar-refractivity contribution in [2.45, 2.75) is 289 Å². The molecule has 0 saturated heterocycles. The fraction of sp³-hybridized carbons (Fsp3) is 0.879. The molecule has 0 aliphatic carbocycles. The zero-order chi connectivity index (χ0) is 49.2. The van der Waals surface area contributed by atoms with Crippen molar-refractivity contribution in [2.75, 3.05) is 40.9 Å². The summed E-state index contributed by atoms with van der Waals surface area (Å²) < 4.78 is 23.3. The first-order valence-corrected chi connectivity index (χ1v) is 30.3. The molecular formula is C58H113N2O6P. The lowest BCUT2D eigenvalue weighted by molar-refractivity contribution is -0.870. The fourth-order valence-electron chi connectivity index (χ4n) is 8.54. The predicted molar refractivity (Wildman–Crippen MR) is 288 cm³/mol. The van der Waals surface area contributed by atoms with Crippen molar-refractivity contribution in [1.29, 1.82) is 0 Å². The number of aliphatic hydroxyl groups is 1. The molecule has 3 unspecified atom stereocenters. The zero-order valence-corrected chi connectivity index (χ0v) is 46.0. The second-order valence-electron chi connectivity index (χ2n) is 21.0. The molecule has 0 aliphatic rings. The Bertz CT molecular complexity index is 1190. The van der Waals surface area contributed by atoms with Gasteiger partial charge in [0.15, 0.2) is 0 Å². The normalized spacial score (nSPS) is 14.2. The van der Waals surface area contributed by atoms with Gasteiger partial charge < -0.3 is 28.8 Å². The van der Waals surface area contributed by atoms with Gasteiger partial charge in [-0.25, -0.2) is 0 Å². The molecule has 0 aliphatic heterocycles. The summed E-state index contributed by atoms with van der Waals surface area (Å²) in [6, 6.07) is -0.907. The molecule has 0 rings (SSSR count). The maximum absolute atomic E-state index is 12.9. The second kappa shape index (κ2) is 49.7. The van der Waals surface area contributed by atoms with Gasteiger partial charge in [0.1, 0.15) is 13.2 Å². The Balaban J connectivity index is 4.24. The van der Waals surface area contributed by atoms with Gasteiger partial charge in [0.25, 0.3) is 7.82 Å². The summed E-state index contributed by atoms with van der Waals surface area (Å²) in [5, 5.41) is 13.9. The largest absolute Gasteiger partial charge is 0.756 e. The number of quaternary nitrogens is 1. The highest BCUT2D eigenvalue weighted by molar-refractivity contribution is 7.45. The first-order chi connectivity index (χ1) is 32.5. The summed E-state index contributed by atoms with van der Waals surface area (Å²) >= 11 is 0. The molecule has 0 bridgehead atoms. The Kier molecular flexibility index (Phi) is 48.7. The number of amides is 1. The number of carbonyl (C=O) groups excluding carboxylic acids is 1. The summed E-state index contributed by atoms with van der Waals surface area (Å²) in [6.07, 6.45) is 63.7. The Morgan fingerprint density at radius 2 is 0.836 bits per heavy atom. The van der Waals surface area contributed by atoms with E-state index in [2.05, 4.69) is 43.5 Å². The van der Waals surface area contributed by atoms with Gasteiger partial charge in [-0.2, -0.15) is 0 Å². The lowest BCUT2D eigenvalue weighted by Gasteiger charge is -2.29. The smallest absolute Gasteiger partial charge is 0.268 e. The average Bonchev–Trinajstić information content (AvgIpc) is 3.29. The number of likely N-dealkylation sites (N-methyl/N-ethyl adjacent to an activating group) is 1. The third-order valence-electron chi connectivity index (χ3n) is 13.1. The van der Waals surface area contributed by atoms with Crippen LogP contribution >= 0.6 is 7.82 Å². The number of aliphatic hydroxyl groups excluding tert-OH is 1. The highest BCUT2D eigenvalue weighted by Gasteiger charge is 2.23. The Morgan fingerprint density at radius 3 is 1.21 bits per heavy atom. The third kappa shape index (κ3) is 52.4. The van der Waals surface area contributed by atoms with Gasteiger partial charge in [-0.15, -0.1) is 0 Å². The summed E-state index contributed by atoms with van der Waals surface area (Å²) in [5.41, 5.74) is 0. The van der Waals surface area contributed by atoms with Gasteiger partial charge in [0, 0.05) is 6.42 Å². The molecule has 67 heavy (non-hydrogen) atoms. The SMILES string of the molecule is CCCCCCCCCCCCCCCCCCCC/C=C/CC/C=C/CC/C=C/C(O)C(COP(=O)([O-])OCC[N+](C)(C)C)NC(=O)CCCCCCCCCCCCCCCCCCC. The van der Waals surface area contributed by atoms with Crippen LogP contribution in [0.15, 0.2) is 36.5 Å². The summed E-state index contributed by atoms with van der Waals surface area (Å²) in [5.74, 6) is -0.207. The van der Waals surface area contributed by atoms with Crippen LogP contribution in [0, 0.1) is 0 Å². The molecule has 396 valence electrons. The van der Waals surface area contributed by atoms with Gasteiger partial charge in [0.2, 0.25) is 5.91 Å². The van der Waals surface area contributed by atoms with Crippen LogP contribution in [0.1, 0.15) is 277 Å². The topological polar surface area (TPSA) is 108 Å². The van der Waals surface area contributed by atoms with E-state index >= 15 is 0 Å². The van der Waals surface area contributed by atoms with E-state index in [-0.39, 0.29) is 12.5 Å². The molecule has 1 amide bonds. The van der Waals surface area contributed by atoms with Crippen molar-refractivity contribution in [3.63, 3.8) is 0 Å². The Morgan fingerprint density at radius 1 is 0.507 bits per heavy atom. The van der Waals surface area contributed by atoms with Crippen LogP contribution in [0.3, 0.4) is 0 Å².